The Hall–Kier alpha value is -2.66. The molecule has 22 heavy (non-hydrogen) atoms. The first-order valence-electron chi connectivity index (χ1n) is 6.53. The summed E-state index contributed by atoms with van der Waals surface area (Å²) in [5.74, 6) is 0.176. The molecule has 110 valence electrons. The molecule has 0 atom stereocenters. The Balaban J connectivity index is 1.99. The van der Waals surface area contributed by atoms with Gasteiger partial charge in [-0.25, -0.2) is 9.97 Å². The summed E-state index contributed by atoms with van der Waals surface area (Å²) < 4.78 is 5.22. The highest BCUT2D eigenvalue weighted by Crippen LogP contribution is 2.28. The predicted octanol–water partition coefficient (Wildman–Crippen LogP) is 3.54. The maximum absolute atomic E-state index is 12.5. The molecule has 0 radical (unpaired) electrons. The minimum Gasteiger partial charge on any atom is -0.495 e. The number of amides is 1. The zero-order chi connectivity index (χ0) is 15.5. The molecule has 0 saturated carbocycles. The van der Waals surface area contributed by atoms with Crippen molar-refractivity contribution >= 4 is 34.1 Å². The molecule has 1 amide bonds. The first kappa shape index (κ1) is 14.3. The Kier molecular flexibility index (Phi) is 3.89. The molecule has 1 heterocycles. The van der Waals surface area contributed by atoms with Gasteiger partial charge in [0.1, 0.15) is 17.8 Å². The van der Waals surface area contributed by atoms with Crippen molar-refractivity contribution in [2.24, 2.45) is 0 Å². The van der Waals surface area contributed by atoms with E-state index in [1.807, 2.05) is 18.2 Å². The molecule has 0 aliphatic rings. The monoisotopic (exact) mass is 313 g/mol. The van der Waals surface area contributed by atoms with Crippen LogP contribution in [0.2, 0.25) is 5.02 Å². The first-order chi connectivity index (χ1) is 10.7. The lowest BCUT2D eigenvalue weighted by Crippen LogP contribution is -2.15. The molecule has 0 saturated heterocycles. The molecule has 5 nitrogen and oxygen atoms in total. The van der Waals surface area contributed by atoms with Gasteiger partial charge in [0.05, 0.1) is 18.3 Å². The van der Waals surface area contributed by atoms with Gasteiger partial charge in [-0.3, -0.25) is 4.79 Å². The number of methoxy groups -OCH3 is 1. The van der Waals surface area contributed by atoms with Gasteiger partial charge in [-0.2, -0.15) is 0 Å². The highest BCUT2D eigenvalue weighted by atomic mass is 35.5. The normalized spacial score (nSPS) is 10.5. The summed E-state index contributed by atoms with van der Waals surface area (Å²) in [6.07, 6.45) is 1.37. The Morgan fingerprint density at radius 3 is 2.82 bits per heavy atom. The number of carbonyl (C=O) groups excluding carboxylic acids is 1. The van der Waals surface area contributed by atoms with E-state index in [9.17, 15) is 4.79 Å². The molecule has 0 aliphatic heterocycles. The van der Waals surface area contributed by atoms with Crippen molar-refractivity contribution in [2.45, 2.75) is 0 Å². The number of anilines is 1. The number of nitrogens with one attached hydrogen (secondary N) is 1. The second-order valence-corrected chi connectivity index (χ2v) is 4.97. The van der Waals surface area contributed by atoms with Gasteiger partial charge in [-0.15, -0.1) is 0 Å². The molecular weight excluding hydrogens is 302 g/mol. The van der Waals surface area contributed by atoms with Crippen molar-refractivity contribution in [3.05, 3.63) is 59.5 Å². The molecule has 6 heteroatoms. The topological polar surface area (TPSA) is 64.1 Å². The number of aromatic nitrogens is 2. The van der Waals surface area contributed by atoms with Gasteiger partial charge in [-0.05, 0) is 24.3 Å². The zero-order valence-corrected chi connectivity index (χ0v) is 12.5. The molecule has 0 fully saturated rings. The van der Waals surface area contributed by atoms with Crippen LogP contribution in [0.15, 0.2) is 48.8 Å². The van der Waals surface area contributed by atoms with Crippen LogP contribution in [0.4, 0.5) is 5.69 Å². The average molecular weight is 314 g/mol. The minimum atomic E-state index is -0.348. The summed E-state index contributed by atoms with van der Waals surface area (Å²) >= 11 is 5.97. The number of rotatable bonds is 3. The van der Waals surface area contributed by atoms with Gasteiger partial charge in [0.15, 0.2) is 0 Å². The minimum absolute atomic E-state index is 0.299. The van der Waals surface area contributed by atoms with Crippen LogP contribution in [0.5, 0.6) is 5.75 Å². The van der Waals surface area contributed by atoms with Crippen LogP contribution in [0, 0.1) is 0 Å². The zero-order valence-electron chi connectivity index (χ0n) is 11.7. The highest BCUT2D eigenvalue weighted by Gasteiger charge is 2.14. The summed E-state index contributed by atoms with van der Waals surface area (Å²) in [7, 11) is 1.53. The number of halogens is 1. The van der Waals surface area contributed by atoms with Crippen molar-refractivity contribution in [3.63, 3.8) is 0 Å². The van der Waals surface area contributed by atoms with Crippen LogP contribution in [0.3, 0.4) is 0 Å². The van der Waals surface area contributed by atoms with E-state index >= 15 is 0 Å². The van der Waals surface area contributed by atoms with E-state index < -0.39 is 0 Å². The summed E-state index contributed by atoms with van der Waals surface area (Å²) in [6, 6.07) is 12.3. The Bertz CT molecular complexity index is 846. The van der Waals surface area contributed by atoms with E-state index in [4.69, 9.17) is 16.3 Å². The predicted molar refractivity (Wildman–Crippen MR) is 85.5 cm³/mol. The van der Waals surface area contributed by atoms with E-state index in [2.05, 4.69) is 15.3 Å². The maximum atomic E-state index is 12.5. The lowest BCUT2D eigenvalue weighted by atomic mass is 10.1. The number of ether oxygens (including phenoxy) is 1. The lowest BCUT2D eigenvalue weighted by molar-refractivity contribution is 0.102. The standard InChI is InChI=1S/C16H12ClN3O2/c1-22-14-7-6-10(17)8-13(14)20-16(21)15-11-4-2-3-5-12(11)18-9-19-15/h2-9H,1H3,(H,20,21). The summed E-state index contributed by atoms with van der Waals surface area (Å²) in [4.78, 5) is 20.7. The van der Waals surface area contributed by atoms with E-state index in [-0.39, 0.29) is 5.91 Å². The average Bonchev–Trinajstić information content (AvgIpc) is 2.54. The number of nitrogens with zero attached hydrogens (tertiary/aromatic N) is 2. The molecular formula is C16H12ClN3O2. The van der Waals surface area contributed by atoms with E-state index in [0.29, 0.717) is 33.1 Å². The van der Waals surface area contributed by atoms with Crippen molar-refractivity contribution in [2.75, 3.05) is 12.4 Å². The summed E-state index contributed by atoms with van der Waals surface area (Å²) in [5, 5.41) is 3.96. The number of para-hydroxylation sites is 1. The largest absolute Gasteiger partial charge is 0.495 e. The Labute approximate surface area is 131 Å². The quantitative estimate of drug-likeness (QED) is 0.803. The molecule has 3 aromatic rings. The van der Waals surface area contributed by atoms with Crippen LogP contribution in [-0.2, 0) is 0 Å². The van der Waals surface area contributed by atoms with Gasteiger partial charge in [0.2, 0.25) is 0 Å². The Morgan fingerprint density at radius 1 is 1.18 bits per heavy atom. The van der Waals surface area contributed by atoms with Crippen LogP contribution in [-0.4, -0.2) is 23.0 Å². The highest BCUT2D eigenvalue weighted by molar-refractivity contribution is 6.31. The third-order valence-electron chi connectivity index (χ3n) is 3.17. The fourth-order valence-corrected chi connectivity index (χ4v) is 2.32. The Morgan fingerprint density at radius 2 is 2.00 bits per heavy atom. The molecule has 0 bridgehead atoms. The third kappa shape index (κ3) is 2.71. The van der Waals surface area contributed by atoms with Crippen molar-refractivity contribution in [1.29, 1.82) is 0 Å². The number of benzene rings is 2. The second-order valence-electron chi connectivity index (χ2n) is 4.54. The van der Waals surface area contributed by atoms with Gasteiger partial charge >= 0.3 is 0 Å². The van der Waals surface area contributed by atoms with Crippen molar-refractivity contribution in [3.8, 4) is 5.75 Å². The van der Waals surface area contributed by atoms with Crippen LogP contribution < -0.4 is 10.1 Å². The fraction of sp³-hybridized carbons (Fsp3) is 0.0625. The van der Waals surface area contributed by atoms with Crippen LogP contribution >= 0.6 is 11.6 Å². The van der Waals surface area contributed by atoms with E-state index in [0.717, 1.165) is 0 Å². The first-order valence-corrected chi connectivity index (χ1v) is 6.91. The second kappa shape index (κ2) is 5.99. The van der Waals surface area contributed by atoms with Gasteiger partial charge in [0, 0.05) is 10.4 Å². The molecule has 1 N–H and O–H groups in total. The van der Waals surface area contributed by atoms with Crippen LogP contribution in [0.25, 0.3) is 10.9 Å². The van der Waals surface area contributed by atoms with Crippen LogP contribution in [0.1, 0.15) is 10.5 Å². The molecule has 1 aromatic heterocycles. The van der Waals surface area contributed by atoms with Gasteiger partial charge < -0.3 is 10.1 Å². The summed E-state index contributed by atoms with van der Waals surface area (Å²) in [5.41, 5.74) is 1.50. The molecule has 2 aromatic carbocycles. The number of fused-ring (bicyclic) bond motifs is 1. The van der Waals surface area contributed by atoms with Gasteiger partial charge in [0.25, 0.3) is 5.91 Å². The number of carbonyl (C=O) groups is 1. The van der Waals surface area contributed by atoms with Crippen molar-refractivity contribution < 1.29 is 9.53 Å². The van der Waals surface area contributed by atoms with Crippen molar-refractivity contribution in [1.82, 2.24) is 9.97 Å². The molecule has 0 spiro atoms. The number of hydrogen-bond donors (Lipinski definition) is 1. The lowest BCUT2D eigenvalue weighted by Gasteiger charge is -2.11. The smallest absolute Gasteiger partial charge is 0.275 e. The van der Waals surface area contributed by atoms with E-state index in [1.54, 1.807) is 24.3 Å². The number of hydrogen-bond acceptors (Lipinski definition) is 4. The maximum Gasteiger partial charge on any atom is 0.275 e. The molecule has 3 rings (SSSR count). The molecule has 0 aliphatic carbocycles. The summed E-state index contributed by atoms with van der Waals surface area (Å²) in [6.45, 7) is 0. The SMILES string of the molecule is COc1ccc(Cl)cc1NC(=O)c1ncnc2ccccc12. The van der Waals surface area contributed by atoms with E-state index in [1.165, 1.54) is 13.4 Å². The third-order valence-corrected chi connectivity index (χ3v) is 3.40. The van der Waals surface area contributed by atoms with Gasteiger partial charge in [-0.1, -0.05) is 29.8 Å². The molecule has 0 unspecified atom stereocenters. The fourth-order valence-electron chi connectivity index (χ4n) is 2.15.